The molecule has 1 aromatic carbocycles. The fourth-order valence-corrected chi connectivity index (χ4v) is 4.57. The van der Waals surface area contributed by atoms with Crippen LogP contribution < -0.4 is 4.72 Å². The van der Waals surface area contributed by atoms with Gasteiger partial charge in [0, 0.05) is 6.04 Å². The highest BCUT2D eigenvalue weighted by molar-refractivity contribution is 7.91. The van der Waals surface area contributed by atoms with Crippen LogP contribution in [-0.2, 0) is 16.4 Å². The van der Waals surface area contributed by atoms with E-state index in [-0.39, 0.29) is 10.3 Å². The number of halogens is 1. The average molecular weight is 330 g/mol. The minimum absolute atomic E-state index is 0.236. The standard InChI is InChI=1S/C14H16ClNO2S2/c1-3-11-4-6-12(7-5-11)10(2)16-20(17,18)14-9-8-13(15)19-14/h4-10,16H,3H2,1-2H3. The van der Waals surface area contributed by atoms with E-state index in [4.69, 9.17) is 11.6 Å². The van der Waals surface area contributed by atoms with Crippen molar-refractivity contribution in [3.63, 3.8) is 0 Å². The lowest BCUT2D eigenvalue weighted by atomic mass is 10.1. The Morgan fingerprint density at radius 3 is 2.35 bits per heavy atom. The Bertz CT molecular complexity index is 677. The van der Waals surface area contributed by atoms with Crippen molar-refractivity contribution in [2.24, 2.45) is 0 Å². The smallest absolute Gasteiger partial charge is 0.206 e. The fraction of sp³-hybridized carbons (Fsp3) is 0.286. The van der Waals surface area contributed by atoms with Gasteiger partial charge in [-0.3, -0.25) is 0 Å². The van der Waals surface area contributed by atoms with E-state index in [1.807, 2.05) is 31.2 Å². The van der Waals surface area contributed by atoms with Gasteiger partial charge in [0.15, 0.2) is 0 Å². The summed E-state index contributed by atoms with van der Waals surface area (Å²) in [6.07, 6.45) is 0.966. The van der Waals surface area contributed by atoms with Gasteiger partial charge in [0.05, 0.1) is 4.34 Å². The van der Waals surface area contributed by atoms with Crippen LogP contribution in [0.3, 0.4) is 0 Å². The van der Waals surface area contributed by atoms with E-state index in [2.05, 4.69) is 11.6 Å². The van der Waals surface area contributed by atoms with Crippen molar-refractivity contribution < 1.29 is 8.42 Å². The minimum atomic E-state index is -3.52. The highest BCUT2D eigenvalue weighted by Crippen LogP contribution is 2.26. The molecule has 0 saturated carbocycles. The number of thiophene rings is 1. The molecular formula is C14H16ClNO2S2. The third kappa shape index (κ3) is 3.61. The number of hydrogen-bond donors (Lipinski definition) is 1. The van der Waals surface area contributed by atoms with Crippen LogP contribution in [0.5, 0.6) is 0 Å². The highest BCUT2D eigenvalue weighted by atomic mass is 35.5. The van der Waals surface area contributed by atoms with Gasteiger partial charge in [-0.15, -0.1) is 11.3 Å². The molecule has 2 rings (SSSR count). The van der Waals surface area contributed by atoms with Crippen LogP contribution in [0.2, 0.25) is 4.34 Å². The van der Waals surface area contributed by atoms with Crippen LogP contribution in [0.4, 0.5) is 0 Å². The maximum atomic E-state index is 12.2. The van der Waals surface area contributed by atoms with Crippen molar-refractivity contribution in [1.82, 2.24) is 4.72 Å². The van der Waals surface area contributed by atoms with Crippen molar-refractivity contribution in [3.8, 4) is 0 Å². The second kappa shape index (κ2) is 6.26. The van der Waals surface area contributed by atoms with Crippen LogP contribution in [0, 0.1) is 0 Å². The molecule has 0 saturated heterocycles. The molecule has 0 aliphatic rings. The summed E-state index contributed by atoms with van der Waals surface area (Å²) in [4.78, 5) is 0. The molecule has 1 atom stereocenters. The number of benzene rings is 1. The molecule has 1 heterocycles. The lowest BCUT2D eigenvalue weighted by Gasteiger charge is -2.14. The molecule has 0 aliphatic heterocycles. The van der Waals surface area contributed by atoms with Gasteiger partial charge in [-0.25, -0.2) is 13.1 Å². The Morgan fingerprint density at radius 2 is 1.85 bits per heavy atom. The summed E-state index contributed by atoms with van der Waals surface area (Å²) in [5, 5.41) is 0. The Kier molecular flexibility index (Phi) is 4.86. The maximum absolute atomic E-state index is 12.2. The second-order valence-corrected chi connectivity index (χ2v) is 8.15. The van der Waals surface area contributed by atoms with Crippen LogP contribution in [0.1, 0.15) is 31.0 Å². The van der Waals surface area contributed by atoms with Gasteiger partial charge in [0.25, 0.3) is 10.0 Å². The zero-order valence-electron chi connectivity index (χ0n) is 11.3. The SMILES string of the molecule is CCc1ccc(C(C)NS(=O)(=O)c2ccc(Cl)s2)cc1. The second-order valence-electron chi connectivity index (χ2n) is 4.50. The van der Waals surface area contributed by atoms with Crippen LogP contribution in [0.25, 0.3) is 0 Å². The van der Waals surface area contributed by atoms with Gasteiger partial charge >= 0.3 is 0 Å². The predicted molar refractivity (Wildman–Crippen MR) is 83.9 cm³/mol. The largest absolute Gasteiger partial charge is 0.250 e. The molecule has 3 nitrogen and oxygen atoms in total. The molecule has 0 radical (unpaired) electrons. The molecule has 0 aliphatic carbocycles. The zero-order valence-corrected chi connectivity index (χ0v) is 13.6. The summed E-state index contributed by atoms with van der Waals surface area (Å²) in [6.45, 7) is 3.91. The first-order valence-corrected chi connectivity index (χ1v) is 8.96. The molecule has 0 amide bonds. The maximum Gasteiger partial charge on any atom is 0.250 e. The van der Waals surface area contributed by atoms with Gasteiger partial charge in [-0.2, -0.15) is 0 Å². The van der Waals surface area contributed by atoms with Gasteiger partial charge < -0.3 is 0 Å². The van der Waals surface area contributed by atoms with Gasteiger partial charge in [-0.1, -0.05) is 42.8 Å². The average Bonchev–Trinajstić information content (AvgIpc) is 2.86. The van der Waals surface area contributed by atoms with Crippen molar-refractivity contribution >= 4 is 33.0 Å². The van der Waals surface area contributed by atoms with Gasteiger partial charge in [0.2, 0.25) is 0 Å². The van der Waals surface area contributed by atoms with Crippen LogP contribution in [-0.4, -0.2) is 8.42 Å². The number of aryl methyl sites for hydroxylation is 1. The molecular weight excluding hydrogens is 314 g/mol. The predicted octanol–water partition coefficient (Wildman–Crippen LogP) is 4.00. The molecule has 20 heavy (non-hydrogen) atoms. The van der Waals surface area contributed by atoms with E-state index < -0.39 is 10.0 Å². The molecule has 1 unspecified atom stereocenters. The molecule has 108 valence electrons. The van der Waals surface area contributed by atoms with Crippen molar-refractivity contribution in [2.75, 3.05) is 0 Å². The number of sulfonamides is 1. The molecule has 6 heteroatoms. The first-order chi connectivity index (χ1) is 9.42. The molecule has 1 N–H and O–H groups in total. The highest BCUT2D eigenvalue weighted by Gasteiger charge is 2.20. The Morgan fingerprint density at radius 1 is 1.20 bits per heavy atom. The van der Waals surface area contributed by atoms with E-state index in [9.17, 15) is 8.42 Å². The number of hydrogen-bond acceptors (Lipinski definition) is 3. The summed E-state index contributed by atoms with van der Waals surface area (Å²) >= 11 is 6.83. The monoisotopic (exact) mass is 329 g/mol. The zero-order chi connectivity index (χ0) is 14.8. The lowest BCUT2D eigenvalue weighted by molar-refractivity contribution is 0.569. The topological polar surface area (TPSA) is 46.2 Å². The van der Waals surface area contributed by atoms with E-state index in [1.165, 1.54) is 11.6 Å². The Hall–Kier alpha value is -0.880. The van der Waals surface area contributed by atoms with Crippen LogP contribution in [0.15, 0.2) is 40.6 Å². The minimum Gasteiger partial charge on any atom is -0.206 e. The quantitative estimate of drug-likeness (QED) is 0.901. The van der Waals surface area contributed by atoms with Gasteiger partial charge in [0.1, 0.15) is 4.21 Å². The molecule has 0 spiro atoms. The van der Waals surface area contributed by atoms with E-state index >= 15 is 0 Å². The third-order valence-corrected chi connectivity index (χ3v) is 6.30. The van der Waals surface area contributed by atoms with Crippen molar-refractivity contribution in [1.29, 1.82) is 0 Å². The lowest BCUT2D eigenvalue weighted by Crippen LogP contribution is -2.26. The Balaban J connectivity index is 2.15. The fourth-order valence-electron chi connectivity index (χ4n) is 1.84. The molecule has 0 fully saturated rings. The molecule has 0 bridgehead atoms. The van der Waals surface area contributed by atoms with E-state index in [0.29, 0.717) is 4.34 Å². The first kappa shape index (κ1) is 15.5. The van der Waals surface area contributed by atoms with E-state index in [1.54, 1.807) is 6.07 Å². The molecule has 1 aromatic heterocycles. The van der Waals surface area contributed by atoms with Crippen molar-refractivity contribution in [3.05, 3.63) is 51.9 Å². The normalized spacial score (nSPS) is 13.3. The molecule has 2 aromatic rings. The first-order valence-electron chi connectivity index (χ1n) is 6.29. The van der Waals surface area contributed by atoms with Crippen LogP contribution >= 0.6 is 22.9 Å². The third-order valence-electron chi connectivity index (χ3n) is 3.03. The summed E-state index contributed by atoms with van der Waals surface area (Å²) < 4.78 is 27.7. The summed E-state index contributed by atoms with van der Waals surface area (Å²) in [5.41, 5.74) is 2.17. The number of nitrogens with one attached hydrogen (secondary N) is 1. The summed E-state index contributed by atoms with van der Waals surface area (Å²) in [6, 6.07) is 10.8. The number of rotatable bonds is 5. The van der Waals surface area contributed by atoms with Crippen molar-refractivity contribution in [2.45, 2.75) is 30.5 Å². The van der Waals surface area contributed by atoms with Gasteiger partial charge in [-0.05, 0) is 36.6 Å². The summed E-state index contributed by atoms with van der Waals surface area (Å²) in [5.74, 6) is 0. The van der Waals surface area contributed by atoms with E-state index in [0.717, 1.165) is 23.3 Å². The Labute approximate surface area is 128 Å². The summed E-state index contributed by atoms with van der Waals surface area (Å²) in [7, 11) is -3.52.